The molecule has 3 rings (SSSR count). The molecule has 0 bridgehead atoms. The number of piperidine rings is 1. The van der Waals surface area contributed by atoms with E-state index in [1.165, 1.54) is 6.42 Å². The number of nitrogens with one attached hydrogen (secondary N) is 1. The molecule has 2 aliphatic rings. The van der Waals surface area contributed by atoms with Crippen LogP contribution in [0, 0.1) is 0 Å². The Hall–Kier alpha value is -1.55. The third-order valence-corrected chi connectivity index (χ3v) is 3.89. The molecular formula is C14H18N2O2. The van der Waals surface area contributed by atoms with Gasteiger partial charge in [-0.1, -0.05) is 18.6 Å². The standard InChI is InChI=1S/C14H18N2O2/c1-18-11-7-5-10(6-8-11)13-15-14(17)12-4-2-3-9-16(12)13/h5-8,12-13H,2-4,9H2,1H3,(H,15,17). The summed E-state index contributed by atoms with van der Waals surface area (Å²) in [6.45, 7) is 1.00. The first-order valence-electron chi connectivity index (χ1n) is 6.49. The van der Waals surface area contributed by atoms with Crippen molar-refractivity contribution in [3.63, 3.8) is 0 Å². The molecule has 2 saturated heterocycles. The Balaban J connectivity index is 1.84. The number of carbonyl (C=O) groups is 1. The van der Waals surface area contributed by atoms with Crippen LogP contribution in [0.15, 0.2) is 24.3 Å². The zero-order chi connectivity index (χ0) is 12.5. The van der Waals surface area contributed by atoms with Crippen molar-refractivity contribution in [1.29, 1.82) is 0 Å². The van der Waals surface area contributed by atoms with E-state index in [0.717, 1.165) is 30.7 Å². The van der Waals surface area contributed by atoms with Crippen molar-refractivity contribution in [2.24, 2.45) is 0 Å². The van der Waals surface area contributed by atoms with Crippen molar-refractivity contribution in [3.8, 4) is 5.75 Å². The van der Waals surface area contributed by atoms with Crippen LogP contribution in [0.5, 0.6) is 5.75 Å². The molecule has 0 aromatic heterocycles. The van der Waals surface area contributed by atoms with Gasteiger partial charge >= 0.3 is 0 Å². The first kappa shape index (κ1) is 11.5. The van der Waals surface area contributed by atoms with Crippen LogP contribution < -0.4 is 10.1 Å². The third kappa shape index (κ3) is 1.86. The lowest BCUT2D eigenvalue weighted by atomic mass is 10.0. The maximum absolute atomic E-state index is 11.9. The van der Waals surface area contributed by atoms with Crippen LogP contribution in [0.3, 0.4) is 0 Å². The Kier molecular flexibility index (Phi) is 2.96. The summed E-state index contributed by atoms with van der Waals surface area (Å²) in [5, 5.41) is 3.10. The smallest absolute Gasteiger partial charge is 0.238 e. The lowest BCUT2D eigenvalue weighted by Gasteiger charge is -2.31. The zero-order valence-electron chi connectivity index (χ0n) is 10.6. The van der Waals surface area contributed by atoms with E-state index in [1.54, 1.807) is 7.11 Å². The molecule has 2 heterocycles. The van der Waals surface area contributed by atoms with Gasteiger partial charge in [0, 0.05) is 6.54 Å². The molecule has 2 aliphatic heterocycles. The first-order chi connectivity index (χ1) is 8.79. The fourth-order valence-electron chi connectivity index (χ4n) is 2.92. The van der Waals surface area contributed by atoms with Crippen LogP contribution in [0.4, 0.5) is 0 Å². The van der Waals surface area contributed by atoms with Gasteiger partial charge in [-0.2, -0.15) is 0 Å². The van der Waals surface area contributed by atoms with Gasteiger partial charge in [0.1, 0.15) is 11.9 Å². The van der Waals surface area contributed by atoms with Crippen molar-refractivity contribution >= 4 is 5.91 Å². The molecule has 96 valence electrons. The number of methoxy groups -OCH3 is 1. The van der Waals surface area contributed by atoms with Crippen LogP contribution in [0.2, 0.25) is 0 Å². The second-order valence-electron chi connectivity index (χ2n) is 4.93. The lowest BCUT2D eigenvalue weighted by molar-refractivity contribution is -0.122. The Bertz CT molecular complexity index is 444. The molecule has 2 atom stereocenters. The highest BCUT2D eigenvalue weighted by atomic mass is 16.5. The summed E-state index contributed by atoms with van der Waals surface area (Å²) in [5.74, 6) is 1.02. The van der Waals surface area contributed by atoms with Gasteiger partial charge in [0.15, 0.2) is 0 Å². The Morgan fingerprint density at radius 2 is 2.06 bits per heavy atom. The molecule has 4 nitrogen and oxygen atoms in total. The fraction of sp³-hybridized carbons (Fsp3) is 0.500. The number of hydrogen-bond acceptors (Lipinski definition) is 3. The normalized spacial score (nSPS) is 27.7. The van der Waals surface area contributed by atoms with E-state index in [2.05, 4.69) is 10.2 Å². The molecule has 1 amide bonds. The Labute approximate surface area is 107 Å². The summed E-state index contributed by atoms with van der Waals surface area (Å²) in [7, 11) is 1.66. The van der Waals surface area contributed by atoms with Gasteiger partial charge in [-0.15, -0.1) is 0 Å². The van der Waals surface area contributed by atoms with Crippen molar-refractivity contribution < 1.29 is 9.53 Å². The molecule has 1 aromatic carbocycles. The Morgan fingerprint density at radius 1 is 1.28 bits per heavy atom. The van der Waals surface area contributed by atoms with Gasteiger partial charge in [0.25, 0.3) is 0 Å². The number of hydrogen-bond donors (Lipinski definition) is 1. The van der Waals surface area contributed by atoms with Crippen molar-refractivity contribution in [1.82, 2.24) is 10.2 Å². The predicted molar refractivity (Wildman–Crippen MR) is 68.2 cm³/mol. The van der Waals surface area contributed by atoms with Crippen LogP contribution >= 0.6 is 0 Å². The second-order valence-corrected chi connectivity index (χ2v) is 4.93. The highest BCUT2D eigenvalue weighted by Crippen LogP contribution is 2.32. The fourth-order valence-corrected chi connectivity index (χ4v) is 2.92. The SMILES string of the molecule is COc1ccc(C2NC(=O)C3CCCCN32)cc1. The van der Waals surface area contributed by atoms with Crippen LogP contribution in [0.1, 0.15) is 31.0 Å². The van der Waals surface area contributed by atoms with Crippen LogP contribution in [-0.4, -0.2) is 30.5 Å². The van der Waals surface area contributed by atoms with E-state index in [0.29, 0.717) is 0 Å². The predicted octanol–water partition coefficient (Wildman–Crippen LogP) is 1.68. The number of benzene rings is 1. The molecule has 2 fully saturated rings. The van der Waals surface area contributed by atoms with Gasteiger partial charge in [0.2, 0.25) is 5.91 Å². The molecule has 18 heavy (non-hydrogen) atoms. The number of carbonyl (C=O) groups excluding carboxylic acids is 1. The van der Waals surface area contributed by atoms with E-state index in [9.17, 15) is 4.79 Å². The molecule has 2 unspecified atom stereocenters. The largest absolute Gasteiger partial charge is 0.497 e. The molecule has 0 spiro atoms. The van der Waals surface area contributed by atoms with E-state index >= 15 is 0 Å². The number of nitrogens with zero attached hydrogens (tertiary/aromatic N) is 1. The van der Waals surface area contributed by atoms with Crippen LogP contribution in [0.25, 0.3) is 0 Å². The van der Waals surface area contributed by atoms with E-state index in [4.69, 9.17) is 4.74 Å². The molecule has 0 radical (unpaired) electrons. The summed E-state index contributed by atoms with van der Waals surface area (Å²) in [5.41, 5.74) is 1.13. The van der Waals surface area contributed by atoms with Gasteiger partial charge in [-0.3, -0.25) is 9.69 Å². The number of fused-ring (bicyclic) bond motifs is 1. The topological polar surface area (TPSA) is 41.6 Å². The average Bonchev–Trinajstić information content (AvgIpc) is 2.77. The van der Waals surface area contributed by atoms with E-state index in [1.807, 2.05) is 24.3 Å². The van der Waals surface area contributed by atoms with Crippen molar-refractivity contribution in [3.05, 3.63) is 29.8 Å². The zero-order valence-corrected chi connectivity index (χ0v) is 10.6. The second kappa shape index (κ2) is 4.61. The monoisotopic (exact) mass is 246 g/mol. The third-order valence-electron chi connectivity index (χ3n) is 3.89. The molecule has 4 heteroatoms. The minimum absolute atomic E-state index is 0.0358. The van der Waals surface area contributed by atoms with Gasteiger partial charge in [0.05, 0.1) is 13.2 Å². The summed E-state index contributed by atoms with van der Waals surface area (Å²) < 4.78 is 5.16. The molecular weight excluding hydrogens is 228 g/mol. The highest BCUT2D eigenvalue weighted by molar-refractivity contribution is 5.84. The summed E-state index contributed by atoms with van der Waals surface area (Å²) in [6.07, 6.45) is 3.36. The molecule has 1 N–H and O–H groups in total. The van der Waals surface area contributed by atoms with E-state index in [-0.39, 0.29) is 18.1 Å². The highest BCUT2D eigenvalue weighted by Gasteiger charge is 2.41. The van der Waals surface area contributed by atoms with Crippen LogP contribution in [-0.2, 0) is 4.79 Å². The molecule has 0 aliphatic carbocycles. The number of rotatable bonds is 2. The number of ether oxygens (including phenoxy) is 1. The van der Waals surface area contributed by atoms with Gasteiger partial charge in [-0.05, 0) is 30.5 Å². The molecule has 1 aromatic rings. The quantitative estimate of drug-likeness (QED) is 0.863. The van der Waals surface area contributed by atoms with Gasteiger partial charge < -0.3 is 10.1 Å². The minimum Gasteiger partial charge on any atom is -0.497 e. The van der Waals surface area contributed by atoms with Crippen molar-refractivity contribution in [2.75, 3.05) is 13.7 Å². The summed E-state index contributed by atoms with van der Waals surface area (Å²) in [6, 6.07) is 8.02. The Morgan fingerprint density at radius 3 is 2.78 bits per heavy atom. The maximum atomic E-state index is 11.9. The van der Waals surface area contributed by atoms with E-state index < -0.39 is 0 Å². The summed E-state index contributed by atoms with van der Waals surface area (Å²) in [4.78, 5) is 14.2. The van der Waals surface area contributed by atoms with Gasteiger partial charge in [-0.25, -0.2) is 0 Å². The first-order valence-corrected chi connectivity index (χ1v) is 6.49. The number of amides is 1. The lowest BCUT2D eigenvalue weighted by Crippen LogP contribution is -2.38. The van der Waals surface area contributed by atoms with Crippen molar-refractivity contribution in [2.45, 2.75) is 31.5 Å². The molecule has 0 saturated carbocycles. The average molecular weight is 246 g/mol. The minimum atomic E-state index is 0.0358. The summed E-state index contributed by atoms with van der Waals surface area (Å²) >= 11 is 0. The maximum Gasteiger partial charge on any atom is 0.238 e.